The minimum absolute atomic E-state index is 0.224. The molecule has 0 radical (unpaired) electrons. The molecule has 2 rings (SSSR count). The lowest BCUT2D eigenvalue weighted by atomic mass is 10.1. The van der Waals surface area contributed by atoms with Crippen molar-refractivity contribution < 1.29 is 5.11 Å². The first-order chi connectivity index (χ1) is 5.27. The molecule has 0 N–H and O–H groups in total. The van der Waals surface area contributed by atoms with Crippen LogP contribution in [0.15, 0.2) is 18.2 Å². The molecular weight excluding hydrogens is 251 g/mol. The molecule has 1 nitrogen and oxygen atoms in total. The van der Waals surface area contributed by atoms with Gasteiger partial charge in [-0.3, -0.25) is 0 Å². The van der Waals surface area contributed by atoms with Crippen molar-refractivity contribution in [3.63, 3.8) is 0 Å². The van der Waals surface area contributed by atoms with Crippen LogP contribution in [0, 0.1) is 0 Å². The summed E-state index contributed by atoms with van der Waals surface area (Å²) in [5.74, 6) is 0.224. The zero-order valence-corrected chi connectivity index (χ0v) is 8.17. The normalized spacial score (nSPS) is 21.7. The summed E-state index contributed by atoms with van der Waals surface area (Å²) < 4.78 is 0.637. The first kappa shape index (κ1) is 7.40. The smallest absolute Gasteiger partial charge is 0.0190 e. The van der Waals surface area contributed by atoms with Gasteiger partial charge in [-0.25, -0.2) is 0 Å². The zero-order valence-electron chi connectivity index (χ0n) is 6.01. The quantitative estimate of drug-likeness (QED) is 0.513. The monoisotopic (exact) mass is 259 g/mol. The van der Waals surface area contributed by atoms with Crippen molar-refractivity contribution in [3.05, 3.63) is 29.3 Å². The van der Waals surface area contributed by atoms with E-state index in [1.165, 1.54) is 5.56 Å². The molecule has 0 aromatic heterocycles. The zero-order chi connectivity index (χ0) is 7.84. The summed E-state index contributed by atoms with van der Waals surface area (Å²) in [6, 6.07) is 5.58. The fraction of sp³-hybridized carbons (Fsp3) is 0.333. The molecule has 2 heteroatoms. The molecule has 0 saturated carbocycles. The molecule has 1 aliphatic carbocycles. The van der Waals surface area contributed by atoms with Crippen LogP contribution < -0.4 is 5.11 Å². The second kappa shape index (κ2) is 2.66. The van der Waals surface area contributed by atoms with E-state index in [2.05, 4.69) is 28.7 Å². The second-order valence-electron chi connectivity index (χ2n) is 2.90. The van der Waals surface area contributed by atoms with E-state index in [1.807, 2.05) is 6.07 Å². The van der Waals surface area contributed by atoms with E-state index in [0.717, 1.165) is 18.4 Å². The Hall–Kier alpha value is -0.250. The summed E-state index contributed by atoms with van der Waals surface area (Å²) in [6.07, 6.45) is 2.04. The maximum absolute atomic E-state index is 11.3. The van der Waals surface area contributed by atoms with Gasteiger partial charge in [0.1, 0.15) is 0 Å². The predicted molar refractivity (Wildman–Crippen MR) is 51.1 cm³/mol. The molecule has 1 atom stereocenters. The minimum atomic E-state index is 0.224. The third-order valence-corrected chi connectivity index (χ3v) is 2.98. The summed E-state index contributed by atoms with van der Waals surface area (Å²) >= 11 is 2.41. The summed E-state index contributed by atoms with van der Waals surface area (Å²) in [6.45, 7) is 0. The van der Waals surface area contributed by atoms with Gasteiger partial charge in [0.15, 0.2) is 0 Å². The molecule has 0 spiro atoms. The number of alkyl halides is 1. The van der Waals surface area contributed by atoms with Crippen molar-refractivity contribution in [1.29, 1.82) is 0 Å². The van der Waals surface area contributed by atoms with Crippen LogP contribution in [0.1, 0.15) is 11.1 Å². The molecule has 58 valence electrons. The Morgan fingerprint density at radius 3 is 2.91 bits per heavy atom. The predicted octanol–water partition coefficient (Wildman–Crippen LogP) is 1.66. The fourth-order valence-electron chi connectivity index (χ4n) is 1.57. The fourth-order valence-corrected chi connectivity index (χ4v) is 2.48. The van der Waals surface area contributed by atoms with E-state index >= 15 is 0 Å². The lowest BCUT2D eigenvalue weighted by molar-refractivity contribution is -0.269. The molecule has 0 fully saturated rings. The molecule has 11 heavy (non-hydrogen) atoms. The van der Waals surface area contributed by atoms with Crippen LogP contribution >= 0.6 is 22.6 Å². The summed E-state index contributed by atoms with van der Waals surface area (Å²) in [5, 5.41) is 11.3. The molecule has 1 aromatic rings. The standard InChI is InChI=1S/C9H9IO/c10-7-4-6-2-1-3-9(11)8(6)5-7/h1-3,7,11H,4-5H2/p-1. The minimum Gasteiger partial charge on any atom is -0.872 e. The highest BCUT2D eigenvalue weighted by atomic mass is 127. The van der Waals surface area contributed by atoms with E-state index in [4.69, 9.17) is 0 Å². The third kappa shape index (κ3) is 1.24. The van der Waals surface area contributed by atoms with Crippen LogP contribution in [0.4, 0.5) is 0 Å². The van der Waals surface area contributed by atoms with Crippen molar-refractivity contribution in [2.24, 2.45) is 0 Å². The lowest BCUT2D eigenvalue weighted by Gasteiger charge is -2.10. The van der Waals surface area contributed by atoms with E-state index in [-0.39, 0.29) is 5.75 Å². The van der Waals surface area contributed by atoms with Crippen LogP contribution in [0.5, 0.6) is 5.75 Å². The Bertz CT molecular complexity index is 283. The molecule has 1 unspecified atom stereocenters. The van der Waals surface area contributed by atoms with Crippen LogP contribution in [-0.2, 0) is 12.8 Å². The Morgan fingerprint density at radius 1 is 1.36 bits per heavy atom. The molecule has 0 amide bonds. The molecular formula is C9H8IO-. The summed E-state index contributed by atoms with van der Waals surface area (Å²) in [5.41, 5.74) is 2.31. The van der Waals surface area contributed by atoms with Crippen molar-refractivity contribution in [1.82, 2.24) is 0 Å². The maximum Gasteiger partial charge on any atom is 0.0190 e. The average Bonchev–Trinajstić information content (AvgIpc) is 2.31. The number of fused-ring (bicyclic) bond motifs is 1. The highest BCUT2D eigenvalue weighted by Gasteiger charge is 2.18. The van der Waals surface area contributed by atoms with E-state index < -0.39 is 0 Å². The van der Waals surface area contributed by atoms with E-state index in [1.54, 1.807) is 6.07 Å². The van der Waals surface area contributed by atoms with Gasteiger partial charge in [-0.2, -0.15) is 0 Å². The first-order valence-electron chi connectivity index (χ1n) is 3.69. The summed E-state index contributed by atoms with van der Waals surface area (Å²) in [7, 11) is 0. The van der Waals surface area contributed by atoms with Gasteiger partial charge >= 0.3 is 0 Å². The lowest BCUT2D eigenvalue weighted by Crippen LogP contribution is -1.96. The van der Waals surface area contributed by atoms with Gasteiger partial charge in [0.05, 0.1) is 0 Å². The summed E-state index contributed by atoms with van der Waals surface area (Å²) in [4.78, 5) is 0. The van der Waals surface area contributed by atoms with Crippen molar-refractivity contribution >= 4 is 22.6 Å². The molecule has 0 bridgehead atoms. The Labute approximate surface area is 79.6 Å². The topological polar surface area (TPSA) is 23.1 Å². The van der Waals surface area contributed by atoms with Crippen molar-refractivity contribution in [3.8, 4) is 5.75 Å². The number of hydrogen-bond acceptors (Lipinski definition) is 1. The third-order valence-electron chi connectivity index (χ3n) is 2.10. The van der Waals surface area contributed by atoms with Crippen LogP contribution in [-0.4, -0.2) is 3.92 Å². The van der Waals surface area contributed by atoms with Crippen molar-refractivity contribution in [2.75, 3.05) is 0 Å². The first-order valence-corrected chi connectivity index (χ1v) is 4.94. The highest BCUT2D eigenvalue weighted by Crippen LogP contribution is 2.31. The van der Waals surface area contributed by atoms with Gasteiger partial charge in [-0.15, -0.1) is 5.75 Å². The molecule has 1 aliphatic rings. The average molecular weight is 259 g/mol. The number of benzene rings is 1. The van der Waals surface area contributed by atoms with Gasteiger partial charge in [0, 0.05) is 3.92 Å². The SMILES string of the molecule is [O-]c1cccc2c1CC(I)C2. The number of halogens is 1. The molecule has 0 heterocycles. The van der Waals surface area contributed by atoms with Crippen LogP contribution in [0.2, 0.25) is 0 Å². The van der Waals surface area contributed by atoms with Crippen LogP contribution in [0.3, 0.4) is 0 Å². The Morgan fingerprint density at radius 2 is 2.18 bits per heavy atom. The van der Waals surface area contributed by atoms with Gasteiger partial charge in [-0.1, -0.05) is 46.4 Å². The van der Waals surface area contributed by atoms with Gasteiger partial charge in [0.25, 0.3) is 0 Å². The van der Waals surface area contributed by atoms with Crippen LogP contribution in [0.25, 0.3) is 0 Å². The highest BCUT2D eigenvalue weighted by molar-refractivity contribution is 14.1. The van der Waals surface area contributed by atoms with E-state index in [9.17, 15) is 5.11 Å². The van der Waals surface area contributed by atoms with E-state index in [0.29, 0.717) is 3.92 Å². The van der Waals surface area contributed by atoms with Gasteiger partial charge in [-0.05, 0) is 18.4 Å². The Balaban J connectivity index is 2.49. The van der Waals surface area contributed by atoms with Crippen molar-refractivity contribution in [2.45, 2.75) is 16.8 Å². The second-order valence-corrected chi connectivity index (χ2v) is 4.66. The molecule has 1 aromatic carbocycles. The largest absolute Gasteiger partial charge is 0.872 e. The van der Waals surface area contributed by atoms with Gasteiger partial charge < -0.3 is 5.11 Å². The maximum atomic E-state index is 11.3. The Kier molecular flexibility index (Phi) is 1.79. The number of hydrogen-bond donors (Lipinski definition) is 0. The molecule has 0 aliphatic heterocycles. The molecule has 0 saturated heterocycles. The number of rotatable bonds is 0. The van der Waals surface area contributed by atoms with Gasteiger partial charge in [0.2, 0.25) is 0 Å².